The van der Waals surface area contributed by atoms with Crippen LogP contribution in [0.4, 0.5) is 11.4 Å². The van der Waals surface area contributed by atoms with Crippen LogP contribution in [0, 0.1) is 0 Å². The van der Waals surface area contributed by atoms with Gasteiger partial charge in [-0.3, -0.25) is 4.55 Å². The van der Waals surface area contributed by atoms with Crippen molar-refractivity contribution in [2.75, 3.05) is 0 Å². The van der Waals surface area contributed by atoms with Crippen LogP contribution in [0.15, 0.2) is 23.1 Å². The third-order valence-corrected chi connectivity index (χ3v) is 2.53. The van der Waals surface area contributed by atoms with Crippen LogP contribution in [0.1, 0.15) is 0 Å². The lowest BCUT2D eigenvalue weighted by Crippen LogP contribution is -1.96. The predicted octanol–water partition coefficient (Wildman–Crippen LogP) is 1.10. The van der Waals surface area contributed by atoms with Crippen molar-refractivity contribution < 1.29 is 13.0 Å². The Bertz CT molecular complexity index is 478. The molecular formula is C6H4N2O3S. The Labute approximate surface area is 68.5 Å². The maximum atomic E-state index is 10.7. The van der Waals surface area contributed by atoms with Crippen LogP contribution in [-0.2, 0) is 10.1 Å². The topological polar surface area (TPSA) is 79.7 Å². The fraction of sp³-hybridized carbons (Fsp3) is 0. The van der Waals surface area contributed by atoms with E-state index in [1.165, 1.54) is 12.1 Å². The zero-order chi connectivity index (χ0) is 8.93. The van der Waals surface area contributed by atoms with Gasteiger partial charge in [-0.15, -0.1) is 0 Å². The Morgan fingerprint density at radius 3 is 2.58 bits per heavy atom. The molecular weight excluding hydrogens is 180 g/mol. The number of rotatable bonds is 1. The summed E-state index contributed by atoms with van der Waals surface area (Å²) in [5, 5.41) is 0. The van der Waals surface area contributed by atoms with E-state index in [0.717, 1.165) is 0 Å². The smallest absolute Gasteiger partial charge is 0.301 e. The zero-order valence-electron chi connectivity index (χ0n) is 5.80. The average molecular weight is 184 g/mol. The van der Waals surface area contributed by atoms with Crippen LogP contribution < -0.4 is 4.70 Å². The first kappa shape index (κ1) is 7.38. The maximum Gasteiger partial charge on any atom is 0.301 e. The molecule has 62 valence electrons. The number of fused-ring (bicyclic) bond motifs is 1. The molecule has 0 unspecified atom stereocenters. The van der Waals surface area contributed by atoms with E-state index in [1.807, 2.05) is 0 Å². The van der Waals surface area contributed by atoms with Crippen LogP contribution in [0.5, 0.6) is 0 Å². The van der Waals surface area contributed by atoms with Crippen molar-refractivity contribution in [3.8, 4) is 0 Å². The summed E-state index contributed by atoms with van der Waals surface area (Å²) >= 11 is 0. The van der Waals surface area contributed by atoms with Gasteiger partial charge in [-0.05, 0) is 6.07 Å². The molecule has 0 fully saturated rings. The molecule has 0 atom stereocenters. The number of hydrogen-bond donors (Lipinski definition) is 1. The van der Waals surface area contributed by atoms with E-state index < -0.39 is 10.1 Å². The first-order chi connectivity index (χ1) is 5.52. The Morgan fingerprint density at radius 2 is 2.08 bits per heavy atom. The van der Waals surface area contributed by atoms with Crippen molar-refractivity contribution in [3.63, 3.8) is 0 Å². The van der Waals surface area contributed by atoms with Crippen molar-refractivity contribution in [2.45, 2.75) is 4.90 Å². The molecule has 0 spiro atoms. The zero-order valence-corrected chi connectivity index (χ0v) is 6.61. The molecule has 6 heteroatoms. The van der Waals surface area contributed by atoms with Crippen LogP contribution in [0.3, 0.4) is 0 Å². The summed E-state index contributed by atoms with van der Waals surface area (Å²) in [7, 11) is -4.22. The molecule has 1 aliphatic heterocycles. The lowest BCUT2D eigenvalue weighted by molar-refractivity contribution is 0.483. The Hall–Kier alpha value is -1.27. The number of para-hydroxylation sites is 1. The molecule has 2 rings (SSSR count). The minimum Gasteiger partial charge on any atom is -0.493 e. The van der Waals surface area contributed by atoms with Crippen LogP contribution >= 0.6 is 0 Å². The molecule has 0 aromatic heterocycles. The molecule has 1 aromatic rings. The second-order valence-corrected chi connectivity index (χ2v) is 3.80. The van der Waals surface area contributed by atoms with E-state index in [9.17, 15) is 8.42 Å². The van der Waals surface area contributed by atoms with Crippen molar-refractivity contribution >= 4 is 21.5 Å². The molecule has 1 aromatic carbocycles. The number of hydrogen-bond acceptors (Lipinski definition) is 2. The van der Waals surface area contributed by atoms with Crippen LogP contribution in [0.2, 0.25) is 0 Å². The molecule has 0 saturated heterocycles. The Kier molecular flexibility index (Phi) is 1.17. The lowest BCUT2D eigenvalue weighted by atomic mass is 10.4. The van der Waals surface area contributed by atoms with E-state index in [4.69, 9.17) is 10.1 Å². The quantitative estimate of drug-likeness (QED) is 0.409. The van der Waals surface area contributed by atoms with Crippen molar-refractivity contribution in [1.29, 1.82) is 0 Å². The van der Waals surface area contributed by atoms with Crippen molar-refractivity contribution in [3.05, 3.63) is 23.7 Å². The van der Waals surface area contributed by atoms with Gasteiger partial charge < -0.3 is 5.53 Å². The molecule has 0 saturated carbocycles. The van der Waals surface area contributed by atoms with Gasteiger partial charge in [0.05, 0.1) is 0 Å². The standard InChI is InChI=1S/C6H4N2O3S/c7-8-4-2-1-3-5(6(4)8)12(9,10)11/h1-3H,(H,9,10,11). The van der Waals surface area contributed by atoms with Crippen LogP contribution in [0.25, 0.3) is 5.53 Å². The highest BCUT2D eigenvalue weighted by Crippen LogP contribution is 2.47. The summed E-state index contributed by atoms with van der Waals surface area (Å²) in [4.78, 5) is -0.262. The van der Waals surface area contributed by atoms with E-state index in [1.54, 1.807) is 6.07 Å². The fourth-order valence-corrected chi connectivity index (χ4v) is 1.75. The predicted molar refractivity (Wildman–Crippen MR) is 41.1 cm³/mol. The van der Waals surface area contributed by atoms with Crippen molar-refractivity contribution in [1.82, 2.24) is 4.70 Å². The van der Waals surface area contributed by atoms with E-state index >= 15 is 0 Å². The largest absolute Gasteiger partial charge is 0.493 e. The highest BCUT2D eigenvalue weighted by Gasteiger charge is 2.40. The second-order valence-electron chi connectivity index (χ2n) is 2.41. The fourth-order valence-electron chi connectivity index (χ4n) is 1.06. The summed E-state index contributed by atoms with van der Waals surface area (Å²) in [5.74, 6) is 0. The Balaban J connectivity index is 2.74. The summed E-state index contributed by atoms with van der Waals surface area (Å²) in [6, 6.07) is 4.21. The van der Waals surface area contributed by atoms with E-state index in [0.29, 0.717) is 10.4 Å². The summed E-state index contributed by atoms with van der Waals surface area (Å²) in [5.41, 5.74) is 9.51. The molecule has 1 N–H and O–H groups in total. The monoisotopic (exact) mass is 184 g/mol. The average Bonchev–Trinajstić information content (AvgIpc) is 2.61. The Morgan fingerprint density at radius 1 is 1.42 bits per heavy atom. The van der Waals surface area contributed by atoms with Gasteiger partial charge in [0.2, 0.25) is 0 Å². The molecule has 0 radical (unpaired) electrons. The molecule has 1 heterocycles. The molecule has 0 amide bonds. The number of nitrogens with zero attached hydrogens (tertiary/aromatic N) is 2. The molecule has 0 bridgehead atoms. The first-order valence-corrected chi connectivity index (χ1v) is 4.55. The maximum absolute atomic E-state index is 10.7. The van der Waals surface area contributed by atoms with Gasteiger partial charge >= 0.3 is 10.1 Å². The van der Waals surface area contributed by atoms with Gasteiger partial charge in [0.15, 0.2) is 4.90 Å². The normalized spacial score (nSPS) is 14.2. The minimum atomic E-state index is -4.22. The summed E-state index contributed by atoms with van der Waals surface area (Å²) in [6.07, 6.45) is 0. The third-order valence-electron chi connectivity index (χ3n) is 1.65. The van der Waals surface area contributed by atoms with Gasteiger partial charge in [-0.2, -0.15) is 8.42 Å². The summed E-state index contributed by atoms with van der Waals surface area (Å²) < 4.78 is 30.7. The first-order valence-electron chi connectivity index (χ1n) is 3.11. The highest BCUT2D eigenvalue weighted by molar-refractivity contribution is 7.86. The van der Waals surface area contributed by atoms with E-state index in [2.05, 4.69) is 0 Å². The third kappa shape index (κ3) is 0.853. The van der Waals surface area contributed by atoms with Gasteiger partial charge in [0.1, 0.15) is 0 Å². The molecule has 12 heavy (non-hydrogen) atoms. The molecule has 0 aliphatic carbocycles. The van der Waals surface area contributed by atoms with Gasteiger partial charge in [-0.1, -0.05) is 6.07 Å². The lowest BCUT2D eigenvalue weighted by Gasteiger charge is -1.87. The second kappa shape index (κ2) is 1.90. The van der Waals surface area contributed by atoms with Crippen molar-refractivity contribution in [2.24, 2.45) is 0 Å². The minimum absolute atomic E-state index is 0.153. The summed E-state index contributed by atoms with van der Waals surface area (Å²) in [6.45, 7) is 0. The molecule has 1 aliphatic rings. The van der Waals surface area contributed by atoms with Gasteiger partial charge in [0, 0.05) is 6.07 Å². The van der Waals surface area contributed by atoms with E-state index in [-0.39, 0.29) is 10.6 Å². The van der Waals surface area contributed by atoms with Gasteiger partial charge in [0.25, 0.3) is 11.4 Å². The molecule has 5 nitrogen and oxygen atoms in total. The highest BCUT2D eigenvalue weighted by atomic mass is 32.2. The van der Waals surface area contributed by atoms with Gasteiger partial charge in [-0.25, -0.2) is 4.70 Å². The SMILES string of the molecule is [N-]=[N+]1c2cccc(S(=O)(=O)O)c21. The number of benzene rings is 1. The van der Waals surface area contributed by atoms with Crippen LogP contribution in [-0.4, -0.2) is 13.0 Å².